The van der Waals surface area contributed by atoms with Gasteiger partial charge in [-0.05, 0) is 100.0 Å². The van der Waals surface area contributed by atoms with Crippen molar-refractivity contribution in [1.29, 1.82) is 0 Å². The molecule has 7 unspecified atom stereocenters. The molecule has 0 saturated heterocycles. The van der Waals surface area contributed by atoms with Crippen LogP contribution in [-0.2, 0) is 0 Å². The van der Waals surface area contributed by atoms with Crippen LogP contribution in [0.2, 0.25) is 0 Å². The first-order valence-corrected chi connectivity index (χ1v) is 16.4. The highest BCUT2D eigenvalue weighted by Gasteiger charge is 2.67. The number of hydrogen-bond acceptors (Lipinski definition) is 5. The standard InChI is InChI=1S/C33H63N3O2/c1-23(2)9-8-10-24(3)27-11-12-28-26-21-30(35-18-17-34-19-20-36(6)7)33(38)22-25(37)13-16-32(33,5)29(26)14-15-31(27,28)4/h23-30,34-35,37-38H,8-22H2,1-7H3/t24?,25-,26?,27?,28?,29?,30+,31?,32?,33-/m0/s1. The Hall–Kier alpha value is -0.200. The third-order valence-corrected chi connectivity index (χ3v) is 12.5. The average molecular weight is 534 g/mol. The molecule has 0 heterocycles. The first kappa shape index (κ1) is 30.8. The SMILES string of the molecule is CC(C)CCCC(C)C1CCC2C3C[C@@H](NCCNCCN(C)C)[C@@]4(O)C[C@@H](O)CCC4(C)C3CCC12C. The first-order valence-electron chi connectivity index (χ1n) is 16.4. The van der Waals surface area contributed by atoms with Crippen LogP contribution in [0.25, 0.3) is 0 Å². The van der Waals surface area contributed by atoms with Crippen LogP contribution >= 0.6 is 0 Å². The maximum absolute atomic E-state index is 12.4. The van der Waals surface area contributed by atoms with E-state index in [1.54, 1.807) is 0 Å². The molecule has 5 nitrogen and oxygen atoms in total. The zero-order valence-corrected chi connectivity index (χ0v) is 26.1. The van der Waals surface area contributed by atoms with Crippen LogP contribution in [0.3, 0.4) is 0 Å². The maximum atomic E-state index is 12.4. The van der Waals surface area contributed by atoms with Gasteiger partial charge < -0.3 is 25.7 Å². The Balaban J connectivity index is 1.49. The molecular formula is C33H63N3O2. The number of fused-ring (bicyclic) bond motifs is 5. The Kier molecular flexibility index (Phi) is 9.99. The minimum Gasteiger partial charge on any atom is -0.393 e. The fraction of sp³-hybridized carbons (Fsp3) is 1.00. The summed E-state index contributed by atoms with van der Waals surface area (Å²) in [5.74, 6) is 4.56. The van der Waals surface area contributed by atoms with Crippen LogP contribution in [0.1, 0.15) is 105 Å². The van der Waals surface area contributed by atoms with Crippen molar-refractivity contribution in [3.63, 3.8) is 0 Å². The topological polar surface area (TPSA) is 67.8 Å². The van der Waals surface area contributed by atoms with Gasteiger partial charge in [0.05, 0.1) is 11.7 Å². The summed E-state index contributed by atoms with van der Waals surface area (Å²) in [5, 5.41) is 30.6. The van der Waals surface area contributed by atoms with Crippen molar-refractivity contribution in [2.24, 2.45) is 46.3 Å². The molecule has 0 aromatic heterocycles. The molecule has 222 valence electrons. The number of likely N-dealkylation sites (N-methyl/N-ethyl adjacent to an activating group) is 1. The van der Waals surface area contributed by atoms with Gasteiger partial charge in [-0.1, -0.05) is 53.9 Å². The zero-order valence-electron chi connectivity index (χ0n) is 26.1. The lowest BCUT2D eigenvalue weighted by Crippen LogP contribution is -2.71. The van der Waals surface area contributed by atoms with Gasteiger partial charge in [0.1, 0.15) is 0 Å². The van der Waals surface area contributed by atoms with E-state index in [0.717, 1.165) is 69.1 Å². The number of rotatable bonds is 12. The highest BCUT2D eigenvalue weighted by Crippen LogP contribution is 2.69. The molecule has 0 aromatic rings. The van der Waals surface area contributed by atoms with Crippen molar-refractivity contribution in [2.75, 3.05) is 40.3 Å². The average Bonchev–Trinajstić information content (AvgIpc) is 3.19. The van der Waals surface area contributed by atoms with E-state index in [4.69, 9.17) is 0 Å². The van der Waals surface area contributed by atoms with Gasteiger partial charge in [0.2, 0.25) is 0 Å². The van der Waals surface area contributed by atoms with Crippen LogP contribution < -0.4 is 10.6 Å². The molecule has 4 aliphatic rings. The highest BCUT2D eigenvalue weighted by atomic mass is 16.3. The monoisotopic (exact) mass is 533 g/mol. The molecule has 0 aromatic carbocycles. The Morgan fingerprint density at radius 2 is 1.68 bits per heavy atom. The molecule has 0 radical (unpaired) electrons. The van der Waals surface area contributed by atoms with Crippen molar-refractivity contribution in [2.45, 2.75) is 123 Å². The Morgan fingerprint density at radius 1 is 0.921 bits per heavy atom. The molecule has 4 saturated carbocycles. The predicted molar refractivity (Wildman–Crippen MR) is 159 cm³/mol. The first-order chi connectivity index (χ1) is 17.9. The molecule has 4 rings (SSSR count). The van der Waals surface area contributed by atoms with Gasteiger partial charge in [0, 0.05) is 44.1 Å². The van der Waals surface area contributed by atoms with Crippen molar-refractivity contribution in [1.82, 2.24) is 15.5 Å². The molecule has 0 bridgehead atoms. The number of aliphatic hydroxyl groups excluding tert-OH is 1. The maximum Gasteiger partial charge on any atom is 0.0880 e. The second kappa shape index (κ2) is 12.3. The summed E-state index contributed by atoms with van der Waals surface area (Å²) < 4.78 is 0. The van der Waals surface area contributed by atoms with Crippen LogP contribution in [0.5, 0.6) is 0 Å². The van der Waals surface area contributed by atoms with Gasteiger partial charge in [-0.15, -0.1) is 0 Å². The Bertz CT molecular complexity index is 761. The van der Waals surface area contributed by atoms with E-state index in [9.17, 15) is 10.2 Å². The highest BCUT2D eigenvalue weighted by molar-refractivity contribution is 5.18. The summed E-state index contributed by atoms with van der Waals surface area (Å²) in [5.41, 5.74) is -0.463. The smallest absolute Gasteiger partial charge is 0.0880 e. The van der Waals surface area contributed by atoms with Gasteiger partial charge in [-0.25, -0.2) is 0 Å². The number of aliphatic hydroxyl groups is 2. The number of nitrogens with zero attached hydrogens (tertiary/aromatic N) is 1. The summed E-state index contributed by atoms with van der Waals surface area (Å²) in [6.45, 7) is 16.2. The molecule has 0 amide bonds. The molecule has 4 fully saturated rings. The van der Waals surface area contributed by atoms with E-state index in [-0.39, 0.29) is 17.6 Å². The summed E-state index contributed by atoms with van der Waals surface area (Å²) in [6, 6.07) is 0.0733. The van der Waals surface area contributed by atoms with E-state index in [1.807, 2.05) is 0 Å². The second-order valence-electron chi connectivity index (χ2n) is 15.4. The number of nitrogens with one attached hydrogen (secondary N) is 2. The zero-order chi connectivity index (χ0) is 27.7. The van der Waals surface area contributed by atoms with Gasteiger partial charge in [0.25, 0.3) is 0 Å². The third kappa shape index (κ3) is 5.89. The third-order valence-electron chi connectivity index (χ3n) is 12.5. The molecule has 10 atom stereocenters. The largest absolute Gasteiger partial charge is 0.393 e. The Labute approximate surface area is 235 Å². The molecule has 38 heavy (non-hydrogen) atoms. The Morgan fingerprint density at radius 3 is 2.39 bits per heavy atom. The van der Waals surface area contributed by atoms with Gasteiger partial charge in [0.15, 0.2) is 0 Å². The summed E-state index contributed by atoms with van der Waals surface area (Å²) in [4.78, 5) is 2.21. The minimum atomic E-state index is -0.814. The lowest BCUT2D eigenvalue weighted by Gasteiger charge is -2.66. The quantitative estimate of drug-likeness (QED) is 0.256. The molecule has 5 heteroatoms. The van der Waals surface area contributed by atoms with Crippen molar-refractivity contribution in [3.8, 4) is 0 Å². The second-order valence-corrected chi connectivity index (χ2v) is 15.4. The fourth-order valence-electron chi connectivity index (χ4n) is 10.3. The van der Waals surface area contributed by atoms with Crippen LogP contribution in [0.4, 0.5) is 0 Å². The van der Waals surface area contributed by atoms with E-state index in [1.165, 1.54) is 44.9 Å². The molecule has 0 spiro atoms. The van der Waals surface area contributed by atoms with Crippen molar-refractivity contribution < 1.29 is 10.2 Å². The van der Waals surface area contributed by atoms with E-state index in [0.29, 0.717) is 23.7 Å². The van der Waals surface area contributed by atoms with Gasteiger partial charge in [-0.2, -0.15) is 0 Å². The normalized spacial score (nSPS) is 43.7. The van der Waals surface area contributed by atoms with Gasteiger partial charge >= 0.3 is 0 Å². The van der Waals surface area contributed by atoms with E-state index in [2.05, 4.69) is 64.2 Å². The molecular weight excluding hydrogens is 470 g/mol. The van der Waals surface area contributed by atoms with Gasteiger partial charge in [-0.3, -0.25) is 0 Å². The summed E-state index contributed by atoms with van der Waals surface area (Å²) >= 11 is 0. The molecule has 4 N–H and O–H groups in total. The van der Waals surface area contributed by atoms with Crippen LogP contribution in [0, 0.1) is 46.3 Å². The minimum absolute atomic E-state index is 0.0733. The van der Waals surface area contributed by atoms with Crippen molar-refractivity contribution >= 4 is 0 Å². The van der Waals surface area contributed by atoms with Crippen molar-refractivity contribution in [3.05, 3.63) is 0 Å². The van der Waals surface area contributed by atoms with E-state index < -0.39 is 5.60 Å². The summed E-state index contributed by atoms with van der Waals surface area (Å²) in [6.07, 6.45) is 12.6. The summed E-state index contributed by atoms with van der Waals surface area (Å²) in [7, 11) is 4.22. The number of hydrogen-bond donors (Lipinski definition) is 4. The van der Waals surface area contributed by atoms with Crippen LogP contribution in [0.15, 0.2) is 0 Å². The lowest BCUT2D eigenvalue weighted by atomic mass is 9.42. The van der Waals surface area contributed by atoms with E-state index >= 15 is 0 Å². The van der Waals surface area contributed by atoms with Crippen LogP contribution in [-0.4, -0.2) is 73.1 Å². The lowest BCUT2D eigenvalue weighted by molar-refractivity contribution is -0.234. The molecule has 4 aliphatic carbocycles. The predicted octanol–water partition coefficient (Wildman–Crippen LogP) is 5.30. The molecule has 0 aliphatic heterocycles. The fourth-order valence-corrected chi connectivity index (χ4v) is 10.3.